The van der Waals surface area contributed by atoms with E-state index in [0.717, 1.165) is 11.8 Å². The van der Waals surface area contributed by atoms with Gasteiger partial charge in [0.05, 0.1) is 24.1 Å². The lowest BCUT2D eigenvalue weighted by Crippen LogP contribution is -2.47. The summed E-state index contributed by atoms with van der Waals surface area (Å²) in [6, 6.07) is 9.72. The van der Waals surface area contributed by atoms with Gasteiger partial charge in [-0.2, -0.15) is 0 Å². The summed E-state index contributed by atoms with van der Waals surface area (Å²) in [7, 11) is 0. The van der Waals surface area contributed by atoms with E-state index in [9.17, 15) is 14.7 Å². The molecule has 144 valence electrons. The first kappa shape index (κ1) is 17.4. The predicted octanol–water partition coefficient (Wildman–Crippen LogP) is 3.13. The van der Waals surface area contributed by atoms with Crippen molar-refractivity contribution in [2.45, 2.75) is 16.3 Å². The molecule has 2 atom stereocenters. The van der Waals surface area contributed by atoms with E-state index in [0.29, 0.717) is 27.8 Å². The standard InChI is InChI=1S/C19H13N5O4S/c25-18(26)16-15-14-11(6-7-20-17(14)29-16)24(19(27)23-15)12-8-22-13(9-21-12)28-10-4-2-1-3-5-10/h1-9,15-16H,(H,23,27)(H,25,26). The van der Waals surface area contributed by atoms with Crippen LogP contribution in [0.25, 0.3) is 0 Å². The van der Waals surface area contributed by atoms with Crippen LogP contribution in [0.15, 0.2) is 60.0 Å². The van der Waals surface area contributed by atoms with Crippen LogP contribution >= 0.6 is 11.8 Å². The molecule has 0 spiro atoms. The van der Waals surface area contributed by atoms with Gasteiger partial charge in [-0.3, -0.25) is 4.79 Å². The smallest absolute Gasteiger partial charge is 0.328 e. The van der Waals surface area contributed by atoms with Gasteiger partial charge in [0.1, 0.15) is 16.0 Å². The average molecular weight is 407 g/mol. The zero-order valence-electron chi connectivity index (χ0n) is 14.7. The van der Waals surface area contributed by atoms with E-state index in [4.69, 9.17) is 4.74 Å². The van der Waals surface area contributed by atoms with E-state index in [1.165, 1.54) is 17.3 Å². The van der Waals surface area contributed by atoms with Crippen molar-refractivity contribution < 1.29 is 19.4 Å². The Kier molecular flexibility index (Phi) is 4.06. The van der Waals surface area contributed by atoms with Crippen LogP contribution in [-0.2, 0) is 4.79 Å². The summed E-state index contributed by atoms with van der Waals surface area (Å²) in [6.45, 7) is 0. The Morgan fingerprint density at radius 1 is 1.14 bits per heavy atom. The summed E-state index contributed by atoms with van der Waals surface area (Å²) >= 11 is 1.13. The second kappa shape index (κ2) is 6.74. The highest BCUT2D eigenvalue weighted by atomic mass is 32.2. The van der Waals surface area contributed by atoms with Crippen LogP contribution in [0.4, 0.5) is 16.3 Å². The van der Waals surface area contributed by atoms with E-state index in [2.05, 4.69) is 20.3 Å². The molecule has 0 bridgehead atoms. The number of ether oxygens (including phenoxy) is 1. The Morgan fingerprint density at radius 3 is 2.69 bits per heavy atom. The van der Waals surface area contributed by atoms with Crippen LogP contribution in [0.1, 0.15) is 11.6 Å². The minimum atomic E-state index is -1.00. The van der Waals surface area contributed by atoms with Gasteiger partial charge in [-0.05, 0) is 18.2 Å². The maximum absolute atomic E-state index is 12.8. The highest BCUT2D eigenvalue weighted by Gasteiger charge is 2.47. The van der Waals surface area contributed by atoms with E-state index < -0.39 is 23.3 Å². The van der Waals surface area contributed by atoms with Crippen molar-refractivity contribution in [2.24, 2.45) is 0 Å². The molecule has 2 aliphatic heterocycles. The van der Waals surface area contributed by atoms with Gasteiger partial charge < -0.3 is 15.2 Å². The van der Waals surface area contributed by atoms with Gasteiger partial charge in [-0.25, -0.2) is 24.6 Å². The van der Waals surface area contributed by atoms with Gasteiger partial charge in [0.25, 0.3) is 0 Å². The number of hydrogen-bond donors (Lipinski definition) is 2. The SMILES string of the molecule is O=C(O)C1Sc2nccc3c2C1NC(=O)N3c1cnc(Oc2ccccc2)cn1. The number of thioether (sulfide) groups is 1. The summed E-state index contributed by atoms with van der Waals surface area (Å²) in [5.41, 5.74) is 1.22. The molecule has 2 aromatic heterocycles. The number of aromatic nitrogens is 3. The van der Waals surface area contributed by atoms with Crippen molar-refractivity contribution in [3.63, 3.8) is 0 Å². The second-order valence-electron chi connectivity index (χ2n) is 6.32. The molecule has 2 N–H and O–H groups in total. The second-order valence-corrected chi connectivity index (χ2v) is 7.45. The molecular weight excluding hydrogens is 394 g/mol. The van der Waals surface area contributed by atoms with Gasteiger partial charge in [0, 0.05) is 11.8 Å². The molecule has 1 aromatic carbocycles. The summed E-state index contributed by atoms with van der Waals surface area (Å²) in [5, 5.41) is 12.0. The number of benzene rings is 1. The molecule has 4 heterocycles. The number of carbonyl (C=O) groups excluding carboxylic acids is 1. The van der Waals surface area contributed by atoms with Crippen molar-refractivity contribution in [2.75, 3.05) is 4.90 Å². The molecule has 0 radical (unpaired) electrons. The lowest BCUT2D eigenvalue weighted by atomic mass is 10.0. The van der Waals surface area contributed by atoms with E-state index >= 15 is 0 Å². The first-order valence-electron chi connectivity index (χ1n) is 8.66. The normalized spacial score (nSPS) is 19.4. The molecule has 5 rings (SSSR count). The van der Waals surface area contributed by atoms with Crippen LogP contribution in [0, 0.1) is 0 Å². The molecule has 0 fully saturated rings. The Hall–Kier alpha value is -3.66. The van der Waals surface area contributed by atoms with Crippen molar-refractivity contribution in [3.05, 3.63) is 60.6 Å². The number of carbonyl (C=O) groups is 2. The number of carboxylic acids is 1. The number of urea groups is 1. The summed E-state index contributed by atoms with van der Waals surface area (Å²) in [4.78, 5) is 38.5. The molecule has 2 aliphatic rings. The number of rotatable bonds is 4. The number of nitrogens with zero attached hydrogens (tertiary/aromatic N) is 4. The molecule has 0 aliphatic carbocycles. The van der Waals surface area contributed by atoms with Gasteiger partial charge in [-0.15, -0.1) is 0 Å². The van der Waals surface area contributed by atoms with Crippen LogP contribution < -0.4 is 15.0 Å². The fourth-order valence-electron chi connectivity index (χ4n) is 3.33. The molecular formula is C19H13N5O4S. The Balaban J connectivity index is 1.48. The molecule has 0 saturated heterocycles. The summed E-state index contributed by atoms with van der Waals surface area (Å²) < 4.78 is 5.63. The molecule has 3 aromatic rings. The number of carboxylic acid groups (broad SMARTS) is 1. The minimum absolute atomic E-state index is 0.289. The number of nitrogens with one attached hydrogen (secondary N) is 1. The van der Waals surface area contributed by atoms with Crippen LogP contribution in [0.2, 0.25) is 0 Å². The lowest BCUT2D eigenvalue weighted by Gasteiger charge is -2.32. The minimum Gasteiger partial charge on any atom is -0.480 e. The number of hydrogen-bond acceptors (Lipinski definition) is 7. The molecule has 29 heavy (non-hydrogen) atoms. The maximum Gasteiger partial charge on any atom is 0.328 e. The molecule has 10 heteroatoms. The summed E-state index contributed by atoms with van der Waals surface area (Å²) in [5.74, 6) is 0.201. The molecule has 0 saturated carbocycles. The maximum atomic E-state index is 12.8. The van der Waals surface area contributed by atoms with Gasteiger partial charge in [-0.1, -0.05) is 30.0 Å². The predicted molar refractivity (Wildman–Crippen MR) is 103 cm³/mol. The van der Waals surface area contributed by atoms with Gasteiger partial charge in [0.15, 0.2) is 5.82 Å². The Bertz CT molecular complexity index is 1110. The van der Waals surface area contributed by atoms with Crippen molar-refractivity contribution in [1.29, 1.82) is 0 Å². The number of amides is 2. The Morgan fingerprint density at radius 2 is 1.97 bits per heavy atom. The molecule has 2 unspecified atom stereocenters. The largest absolute Gasteiger partial charge is 0.480 e. The fourth-order valence-corrected chi connectivity index (χ4v) is 4.49. The fraction of sp³-hybridized carbons (Fsp3) is 0.105. The van der Waals surface area contributed by atoms with E-state index in [-0.39, 0.29) is 5.88 Å². The van der Waals surface area contributed by atoms with Gasteiger partial charge in [0.2, 0.25) is 5.88 Å². The van der Waals surface area contributed by atoms with Crippen molar-refractivity contribution in [1.82, 2.24) is 20.3 Å². The van der Waals surface area contributed by atoms with E-state index in [1.807, 2.05) is 18.2 Å². The first-order chi connectivity index (χ1) is 14.1. The quantitative estimate of drug-likeness (QED) is 0.677. The Labute approximate surface area is 168 Å². The van der Waals surface area contributed by atoms with E-state index in [1.54, 1.807) is 24.4 Å². The third kappa shape index (κ3) is 2.93. The van der Waals surface area contributed by atoms with Gasteiger partial charge >= 0.3 is 12.0 Å². The highest BCUT2D eigenvalue weighted by Crippen LogP contribution is 2.50. The number of para-hydroxylation sites is 1. The zero-order valence-corrected chi connectivity index (χ0v) is 15.5. The summed E-state index contributed by atoms with van der Waals surface area (Å²) in [6.07, 6.45) is 4.41. The third-order valence-electron chi connectivity index (χ3n) is 4.56. The van der Waals surface area contributed by atoms with Crippen LogP contribution in [0.3, 0.4) is 0 Å². The average Bonchev–Trinajstić information content (AvgIpc) is 3.10. The number of aliphatic carboxylic acids is 1. The monoisotopic (exact) mass is 407 g/mol. The zero-order chi connectivity index (χ0) is 20.0. The van der Waals surface area contributed by atoms with Crippen LogP contribution in [0.5, 0.6) is 11.6 Å². The first-order valence-corrected chi connectivity index (χ1v) is 9.54. The topological polar surface area (TPSA) is 118 Å². The highest BCUT2D eigenvalue weighted by molar-refractivity contribution is 8.00. The van der Waals surface area contributed by atoms with Crippen molar-refractivity contribution >= 4 is 35.3 Å². The third-order valence-corrected chi connectivity index (χ3v) is 5.83. The number of anilines is 2. The van der Waals surface area contributed by atoms with Crippen molar-refractivity contribution in [3.8, 4) is 11.6 Å². The molecule has 2 amide bonds. The molecule has 9 nitrogen and oxygen atoms in total. The van der Waals surface area contributed by atoms with Crippen LogP contribution in [-0.4, -0.2) is 37.3 Å². The lowest BCUT2D eigenvalue weighted by molar-refractivity contribution is -0.136. The number of pyridine rings is 1.